The molecule has 1 N–H and O–H groups in total. The van der Waals surface area contributed by atoms with E-state index in [9.17, 15) is 14.3 Å². The molecule has 1 aliphatic carbocycles. The van der Waals surface area contributed by atoms with Crippen LogP contribution in [-0.2, 0) is 11.3 Å². The first kappa shape index (κ1) is 15.0. The predicted octanol–water partition coefficient (Wildman–Crippen LogP) is 3.81. The van der Waals surface area contributed by atoms with Gasteiger partial charge >= 0.3 is 5.97 Å². The second kappa shape index (κ2) is 6.05. The van der Waals surface area contributed by atoms with Crippen LogP contribution in [0.2, 0.25) is 0 Å². The van der Waals surface area contributed by atoms with Crippen LogP contribution in [0.5, 0.6) is 0 Å². The Labute approximate surface area is 132 Å². The van der Waals surface area contributed by atoms with Crippen molar-refractivity contribution < 1.29 is 14.3 Å². The molecule has 0 amide bonds. The number of hydrogen-bond donors (Lipinski definition) is 1. The Bertz CT molecular complexity index is 531. The summed E-state index contributed by atoms with van der Waals surface area (Å²) in [7, 11) is 0. The second-order valence-corrected chi connectivity index (χ2v) is 7.07. The molecule has 1 aromatic carbocycles. The van der Waals surface area contributed by atoms with Gasteiger partial charge in [-0.25, -0.2) is 4.39 Å². The van der Waals surface area contributed by atoms with Gasteiger partial charge in [0.15, 0.2) is 0 Å². The van der Waals surface area contributed by atoms with E-state index in [2.05, 4.69) is 20.8 Å². The Balaban J connectivity index is 1.84. The largest absolute Gasteiger partial charge is 0.480 e. The van der Waals surface area contributed by atoms with Crippen molar-refractivity contribution in [2.45, 2.75) is 50.7 Å². The van der Waals surface area contributed by atoms with Crippen LogP contribution in [0.25, 0.3) is 0 Å². The van der Waals surface area contributed by atoms with Crippen LogP contribution in [-0.4, -0.2) is 28.1 Å². The highest BCUT2D eigenvalue weighted by atomic mass is 79.9. The van der Waals surface area contributed by atoms with Crippen LogP contribution in [0.1, 0.15) is 37.7 Å². The van der Waals surface area contributed by atoms with Gasteiger partial charge in [-0.1, -0.05) is 28.8 Å². The minimum absolute atomic E-state index is 0.286. The lowest BCUT2D eigenvalue weighted by Crippen LogP contribution is -2.41. The molecule has 3 nitrogen and oxygen atoms in total. The number of aliphatic carboxylic acids is 1. The van der Waals surface area contributed by atoms with Gasteiger partial charge in [-0.2, -0.15) is 0 Å². The normalized spacial score (nSPS) is 29.3. The van der Waals surface area contributed by atoms with E-state index in [1.807, 2.05) is 6.07 Å². The van der Waals surface area contributed by atoms with E-state index in [0.717, 1.165) is 31.2 Å². The van der Waals surface area contributed by atoms with Gasteiger partial charge in [0.1, 0.15) is 11.9 Å². The molecule has 1 saturated carbocycles. The summed E-state index contributed by atoms with van der Waals surface area (Å²) in [6.45, 7) is 0.508. The third-order valence-electron chi connectivity index (χ3n) is 4.79. The van der Waals surface area contributed by atoms with E-state index in [1.54, 1.807) is 0 Å². The number of benzene rings is 1. The van der Waals surface area contributed by atoms with Gasteiger partial charge in [-0.3, -0.25) is 9.69 Å². The first-order valence-electron chi connectivity index (χ1n) is 7.48. The van der Waals surface area contributed by atoms with Gasteiger partial charge in [0.25, 0.3) is 0 Å². The summed E-state index contributed by atoms with van der Waals surface area (Å²) in [6.07, 6.45) is 5.28. The first-order chi connectivity index (χ1) is 10.0. The van der Waals surface area contributed by atoms with E-state index >= 15 is 0 Å². The molecule has 0 radical (unpaired) electrons. The summed E-state index contributed by atoms with van der Waals surface area (Å²) in [5, 5.41) is 9.49. The van der Waals surface area contributed by atoms with Crippen molar-refractivity contribution in [1.29, 1.82) is 0 Å². The number of hydrogen-bond acceptors (Lipinski definition) is 2. The summed E-state index contributed by atoms with van der Waals surface area (Å²) in [4.78, 5) is 13.6. The highest BCUT2D eigenvalue weighted by Gasteiger charge is 2.44. The summed E-state index contributed by atoms with van der Waals surface area (Å²) in [5.41, 5.74) is 0.833. The van der Waals surface area contributed by atoms with E-state index in [-0.39, 0.29) is 5.82 Å². The lowest BCUT2D eigenvalue weighted by molar-refractivity contribution is -0.142. The highest BCUT2D eigenvalue weighted by Crippen LogP contribution is 2.40. The number of likely N-dealkylation sites (tertiary alicyclic amines) is 1. The summed E-state index contributed by atoms with van der Waals surface area (Å²) in [6, 6.07) is 4.70. The van der Waals surface area contributed by atoms with Gasteiger partial charge in [0.05, 0.1) is 0 Å². The van der Waals surface area contributed by atoms with Crippen LogP contribution < -0.4 is 0 Å². The molecule has 114 valence electrons. The third kappa shape index (κ3) is 3.14. The van der Waals surface area contributed by atoms with Crippen molar-refractivity contribution in [2.75, 3.05) is 0 Å². The Morgan fingerprint density at radius 2 is 2.10 bits per heavy atom. The monoisotopic (exact) mass is 355 g/mol. The Kier molecular flexibility index (Phi) is 4.31. The number of rotatable bonds is 3. The van der Waals surface area contributed by atoms with Crippen LogP contribution >= 0.6 is 15.9 Å². The molecule has 1 aliphatic heterocycles. The molecule has 1 aromatic rings. The number of halogens is 2. The maximum atomic E-state index is 13.5. The lowest BCUT2D eigenvalue weighted by atomic mass is 9.84. The minimum Gasteiger partial charge on any atom is -0.480 e. The number of carboxylic acids is 1. The third-order valence-corrected chi connectivity index (χ3v) is 5.25. The zero-order chi connectivity index (χ0) is 15.0. The standard InChI is InChI=1S/C16H19BrFNO2/c17-12-5-10(6-13(18)8-12)9-19-14-4-2-1-3-11(14)7-15(19)16(20)21/h5-6,8,11,14-15H,1-4,7,9H2,(H,20,21). The van der Waals surface area contributed by atoms with Crippen LogP contribution in [0, 0.1) is 11.7 Å². The van der Waals surface area contributed by atoms with E-state index in [1.165, 1.54) is 18.6 Å². The summed E-state index contributed by atoms with van der Waals surface area (Å²) in [5.74, 6) is -0.553. The average Bonchev–Trinajstić information content (AvgIpc) is 2.77. The molecule has 0 spiro atoms. The molecular formula is C16H19BrFNO2. The van der Waals surface area contributed by atoms with Crippen LogP contribution in [0.3, 0.4) is 0 Å². The molecule has 1 saturated heterocycles. The molecular weight excluding hydrogens is 337 g/mol. The predicted molar refractivity (Wildman–Crippen MR) is 81.4 cm³/mol. The zero-order valence-electron chi connectivity index (χ0n) is 11.8. The number of carboxylic acid groups (broad SMARTS) is 1. The molecule has 0 bridgehead atoms. The van der Waals surface area contributed by atoms with Gasteiger partial charge in [0.2, 0.25) is 0 Å². The maximum absolute atomic E-state index is 13.5. The fourth-order valence-electron chi connectivity index (χ4n) is 3.94. The fraction of sp³-hybridized carbons (Fsp3) is 0.562. The number of carbonyl (C=O) groups is 1. The second-order valence-electron chi connectivity index (χ2n) is 6.15. The molecule has 5 heteroatoms. The van der Waals surface area contributed by atoms with Crippen molar-refractivity contribution in [2.24, 2.45) is 5.92 Å². The summed E-state index contributed by atoms with van der Waals surface area (Å²) < 4.78 is 14.2. The zero-order valence-corrected chi connectivity index (χ0v) is 13.4. The maximum Gasteiger partial charge on any atom is 0.320 e. The Morgan fingerprint density at radius 1 is 1.33 bits per heavy atom. The minimum atomic E-state index is -0.750. The van der Waals surface area contributed by atoms with Gasteiger partial charge in [0, 0.05) is 17.1 Å². The summed E-state index contributed by atoms with van der Waals surface area (Å²) >= 11 is 3.30. The van der Waals surface area contributed by atoms with Gasteiger partial charge in [-0.05, 0) is 48.9 Å². The topological polar surface area (TPSA) is 40.5 Å². The molecule has 3 rings (SSSR count). The van der Waals surface area contributed by atoms with Gasteiger partial charge < -0.3 is 5.11 Å². The molecule has 2 fully saturated rings. The Hall–Kier alpha value is -0.940. The van der Waals surface area contributed by atoms with E-state index in [4.69, 9.17) is 0 Å². The van der Waals surface area contributed by atoms with E-state index < -0.39 is 12.0 Å². The first-order valence-corrected chi connectivity index (χ1v) is 8.27. The Morgan fingerprint density at radius 3 is 2.81 bits per heavy atom. The molecule has 0 aromatic heterocycles. The van der Waals surface area contributed by atoms with Crippen LogP contribution in [0.4, 0.5) is 4.39 Å². The quantitative estimate of drug-likeness (QED) is 0.896. The van der Waals surface area contributed by atoms with Crippen molar-refractivity contribution in [3.05, 3.63) is 34.1 Å². The number of fused-ring (bicyclic) bond motifs is 1. The molecule has 2 aliphatic rings. The SMILES string of the molecule is O=C(O)C1CC2CCCCC2N1Cc1cc(F)cc(Br)c1. The molecule has 1 heterocycles. The van der Waals surface area contributed by atoms with Crippen molar-refractivity contribution >= 4 is 21.9 Å². The molecule has 21 heavy (non-hydrogen) atoms. The molecule has 3 atom stereocenters. The molecule has 3 unspecified atom stereocenters. The smallest absolute Gasteiger partial charge is 0.320 e. The van der Waals surface area contributed by atoms with Crippen molar-refractivity contribution in [3.63, 3.8) is 0 Å². The number of nitrogens with zero attached hydrogens (tertiary/aromatic N) is 1. The highest BCUT2D eigenvalue weighted by molar-refractivity contribution is 9.10. The fourth-order valence-corrected chi connectivity index (χ4v) is 4.45. The van der Waals surface area contributed by atoms with Crippen LogP contribution in [0.15, 0.2) is 22.7 Å². The average molecular weight is 356 g/mol. The van der Waals surface area contributed by atoms with E-state index in [0.29, 0.717) is 23.0 Å². The van der Waals surface area contributed by atoms with Gasteiger partial charge in [-0.15, -0.1) is 0 Å². The lowest BCUT2D eigenvalue weighted by Gasteiger charge is -2.33. The van der Waals surface area contributed by atoms with Crippen molar-refractivity contribution in [1.82, 2.24) is 4.90 Å². The van der Waals surface area contributed by atoms with Crippen molar-refractivity contribution in [3.8, 4) is 0 Å².